The highest BCUT2D eigenvalue weighted by Gasteiger charge is 2.15. The van der Waals surface area contributed by atoms with E-state index in [0.29, 0.717) is 32.0 Å². The van der Waals surface area contributed by atoms with Gasteiger partial charge in [0.1, 0.15) is 11.6 Å². The Morgan fingerprint density at radius 2 is 2.00 bits per heavy atom. The number of carbonyl (C=O) groups is 1. The zero-order valence-electron chi connectivity index (χ0n) is 16.3. The molecule has 0 bridgehead atoms. The molecule has 1 fully saturated rings. The zero-order chi connectivity index (χ0) is 19.5. The maximum absolute atomic E-state index is 12.5. The first-order chi connectivity index (χ1) is 13.6. The van der Waals surface area contributed by atoms with E-state index >= 15 is 0 Å². The topological polar surface area (TPSA) is 72.3 Å². The van der Waals surface area contributed by atoms with Crippen LogP contribution < -0.4 is 10.2 Å². The van der Waals surface area contributed by atoms with Crippen molar-refractivity contribution in [3.63, 3.8) is 0 Å². The predicted octanol–water partition coefficient (Wildman–Crippen LogP) is 1.97. The van der Waals surface area contributed by atoms with Crippen molar-refractivity contribution in [1.29, 1.82) is 0 Å². The van der Waals surface area contributed by atoms with Crippen molar-refractivity contribution in [3.05, 3.63) is 53.6 Å². The van der Waals surface area contributed by atoms with Gasteiger partial charge in [-0.1, -0.05) is 18.2 Å². The van der Waals surface area contributed by atoms with Gasteiger partial charge in [-0.3, -0.25) is 4.79 Å². The van der Waals surface area contributed by atoms with E-state index in [0.717, 1.165) is 41.1 Å². The molecule has 0 aliphatic carbocycles. The number of hydrogen-bond acceptors (Lipinski definition) is 5. The minimum atomic E-state index is -0.0330. The molecule has 146 valence electrons. The Labute approximate surface area is 164 Å². The van der Waals surface area contributed by atoms with Gasteiger partial charge in [-0.2, -0.15) is 0 Å². The van der Waals surface area contributed by atoms with Crippen LogP contribution in [-0.4, -0.2) is 46.7 Å². The highest BCUT2D eigenvalue weighted by Crippen LogP contribution is 2.20. The Bertz CT molecular complexity index is 992. The second-order valence-electron chi connectivity index (χ2n) is 7.12. The SMILES string of the molecule is Cc1cc(N2CCOCC2)nc(CNC(=O)Cc2cn(C)c3ccccc23)n1. The van der Waals surface area contributed by atoms with Gasteiger partial charge in [0, 0.05) is 49.0 Å². The number of fused-ring (bicyclic) bond motifs is 1. The van der Waals surface area contributed by atoms with Crippen molar-refractivity contribution >= 4 is 22.6 Å². The molecule has 3 heterocycles. The van der Waals surface area contributed by atoms with Gasteiger partial charge in [0.05, 0.1) is 26.2 Å². The molecule has 4 rings (SSSR count). The van der Waals surface area contributed by atoms with Gasteiger partial charge < -0.3 is 19.5 Å². The first-order valence-corrected chi connectivity index (χ1v) is 9.57. The summed E-state index contributed by atoms with van der Waals surface area (Å²) in [4.78, 5) is 23.8. The molecule has 0 spiro atoms. The first-order valence-electron chi connectivity index (χ1n) is 9.57. The average molecular weight is 379 g/mol. The van der Waals surface area contributed by atoms with E-state index in [9.17, 15) is 4.79 Å². The van der Waals surface area contributed by atoms with Crippen LogP contribution in [0.15, 0.2) is 36.5 Å². The number of para-hydroxylation sites is 1. The summed E-state index contributed by atoms with van der Waals surface area (Å²) in [5.41, 5.74) is 3.05. The number of aryl methyl sites for hydroxylation is 2. The monoisotopic (exact) mass is 379 g/mol. The van der Waals surface area contributed by atoms with Crippen molar-refractivity contribution in [2.45, 2.75) is 19.9 Å². The number of ether oxygens (including phenoxy) is 1. The third kappa shape index (κ3) is 3.99. The fourth-order valence-electron chi connectivity index (χ4n) is 3.63. The minimum Gasteiger partial charge on any atom is -0.378 e. The number of carbonyl (C=O) groups excluding carboxylic acids is 1. The van der Waals surface area contributed by atoms with Crippen molar-refractivity contribution in [1.82, 2.24) is 19.9 Å². The predicted molar refractivity (Wildman–Crippen MR) is 108 cm³/mol. The summed E-state index contributed by atoms with van der Waals surface area (Å²) in [6.07, 6.45) is 2.35. The number of morpholine rings is 1. The lowest BCUT2D eigenvalue weighted by Crippen LogP contribution is -2.37. The average Bonchev–Trinajstić information content (AvgIpc) is 3.02. The van der Waals surface area contributed by atoms with Crippen molar-refractivity contribution in [3.8, 4) is 0 Å². The van der Waals surface area contributed by atoms with Gasteiger partial charge >= 0.3 is 0 Å². The van der Waals surface area contributed by atoms with E-state index in [1.54, 1.807) is 0 Å². The highest BCUT2D eigenvalue weighted by atomic mass is 16.5. The second-order valence-corrected chi connectivity index (χ2v) is 7.12. The zero-order valence-corrected chi connectivity index (χ0v) is 16.3. The normalized spacial score (nSPS) is 14.4. The fourth-order valence-corrected chi connectivity index (χ4v) is 3.63. The van der Waals surface area contributed by atoms with Crippen LogP contribution in [0.5, 0.6) is 0 Å². The number of benzene rings is 1. The molecule has 1 N–H and O–H groups in total. The first kappa shape index (κ1) is 18.4. The Morgan fingerprint density at radius 1 is 1.21 bits per heavy atom. The maximum atomic E-state index is 12.5. The number of hydrogen-bond donors (Lipinski definition) is 1. The van der Waals surface area contributed by atoms with Crippen molar-refractivity contribution in [2.24, 2.45) is 7.05 Å². The molecule has 7 heteroatoms. The van der Waals surface area contributed by atoms with Crippen LogP contribution in [0.3, 0.4) is 0 Å². The van der Waals surface area contributed by atoms with Gasteiger partial charge in [-0.25, -0.2) is 9.97 Å². The summed E-state index contributed by atoms with van der Waals surface area (Å²) in [5, 5.41) is 4.07. The third-order valence-electron chi connectivity index (χ3n) is 5.00. The lowest BCUT2D eigenvalue weighted by Gasteiger charge is -2.28. The van der Waals surface area contributed by atoms with Gasteiger partial charge in [-0.05, 0) is 18.6 Å². The van der Waals surface area contributed by atoms with Crippen LogP contribution in [-0.2, 0) is 29.5 Å². The molecule has 1 amide bonds. The Morgan fingerprint density at radius 3 is 2.82 bits per heavy atom. The smallest absolute Gasteiger partial charge is 0.224 e. The molecule has 3 aromatic rings. The van der Waals surface area contributed by atoms with E-state index in [2.05, 4.69) is 36.9 Å². The Kier molecular flexibility index (Phi) is 5.25. The quantitative estimate of drug-likeness (QED) is 0.734. The molecule has 1 aromatic carbocycles. The van der Waals surface area contributed by atoms with Crippen LogP contribution in [0.1, 0.15) is 17.1 Å². The minimum absolute atomic E-state index is 0.0330. The summed E-state index contributed by atoms with van der Waals surface area (Å²) in [6, 6.07) is 10.1. The molecule has 0 unspecified atom stereocenters. The molecule has 0 radical (unpaired) electrons. The molecule has 1 aliphatic heterocycles. The maximum Gasteiger partial charge on any atom is 0.224 e. The highest BCUT2D eigenvalue weighted by molar-refractivity contribution is 5.89. The van der Waals surface area contributed by atoms with Crippen molar-refractivity contribution in [2.75, 3.05) is 31.2 Å². The Balaban J connectivity index is 1.42. The summed E-state index contributed by atoms with van der Waals surface area (Å²) in [6.45, 7) is 5.34. The lowest BCUT2D eigenvalue weighted by molar-refractivity contribution is -0.120. The van der Waals surface area contributed by atoms with E-state index in [4.69, 9.17) is 4.74 Å². The molecular formula is C21H25N5O2. The molecule has 1 saturated heterocycles. The number of nitrogens with one attached hydrogen (secondary N) is 1. The van der Waals surface area contributed by atoms with E-state index in [1.165, 1.54) is 0 Å². The van der Waals surface area contributed by atoms with E-state index in [-0.39, 0.29) is 5.91 Å². The molecule has 28 heavy (non-hydrogen) atoms. The lowest BCUT2D eigenvalue weighted by atomic mass is 10.1. The summed E-state index contributed by atoms with van der Waals surface area (Å²) < 4.78 is 7.46. The van der Waals surface area contributed by atoms with Crippen molar-refractivity contribution < 1.29 is 9.53 Å². The number of amides is 1. The second kappa shape index (κ2) is 7.98. The van der Waals surface area contributed by atoms with Crippen LogP contribution in [0.4, 0.5) is 5.82 Å². The number of nitrogens with zero attached hydrogens (tertiary/aromatic N) is 4. The molecule has 1 aliphatic rings. The van der Waals surface area contributed by atoms with E-state index < -0.39 is 0 Å². The molecule has 2 aromatic heterocycles. The van der Waals surface area contributed by atoms with E-state index in [1.807, 2.05) is 38.4 Å². The summed E-state index contributed by atoms with van der Waals surface area (Å²) in [5.74, 6) is 1.50. The standard InChI is InChI=1S/C21H25N5O2/c1-15-11-20(26-7-9-28-10-8-26)24-19(23-15)13-22-21(27)12-16-14-25(2)18-6-4-3-5-17(16)18/h3-6,11,14H,7-10,12-13H2,1-2H3,(H,22,27). The molecule has 0 atom stereocenters. The number of aromatic nitrogens is 3. The van der Waals surface area contributed by atoms with Gasteiger partial charge in [0.25, 0.3) is 0 Å². The summed E-state index contributed by atoms with van der Waals surface area (Å²) >= 11 is 0. The fraction of sp³-hybridized carbons (Fsp3) is 0.381. The van der Waals surface area contributed by atoms with Gasteiger partial charge in [0.2, 0.25) is 5.91 Å². The van der Waals surface area contributed by atoms with Gasteiger partial charge in [-0.15, -0.1) is 0 Å². The largest absolute Gasteiger partial charge is 0.378 e. The van der Waals surface area contributed by atoms with Crippen LogP contribution in [0.2, 0.25) is 0 Å². The Hall–Kier alpha value is -2.93. The third-order valence-corrected chi connectivity index (χ3v) is 5.00. The number of anilines is 1. The molecule has 0 saturated carbocycles. The van der Waals surface area contributed by atoms with Crippen LogP contribution in [0, 0.1) is 6.92 Å². The molecular weight excluding hydrogens is 354 g/mol. The summed E-state index contributed by atoms with van der Waals surface area (Å²) in [7, 11) is 2.00. The van der Waals surface area contributed by atoms with Crippen LogP contribution in [0.25, 0.3) is 10.9 Å². The van der Waals surface area contributed by atoms with Crippen LogP contribution >= 0.6 is 0 Å². The number of rotatable bonds is 5. The van der Waals surface area contributed by atoms with Gasteiger partial charge in [0.15, 0.2) is 0 Å². The molecule has 7 nitrogen and oxygen atoms in total.